The van der Waals surface area contributed by atoms with Crippen LogP contribution < -0.4 is 0 Å². The molecule has 10 heavy (non-hydrogen) atoms. The minimum atomic E-state index is 1.09. The SMILES string of the molecule is Cc1c[c]c2[nH]ccc2c1. The Morgan fingerprint density at radius 3 is 3.30 bits per heavy atom. The van der Waals surface area contributed by atoms with E-state index in [4.69, 9.17) is 0 Å². The van der Waals surface area contributed by atoms with Crippen LogP contribution >= 0.6 is 0 Å². The molecule has 0 saturated carbocycles. The van der Waals surface area contributed by atoms with Crippen LogP contribution in [0.4, 0.5) is 0 Å². The normalized spacial score (nSPS) is 10.5. The average molecular weight is 130 g/mol. The molecule has 0 fully saturated rings. The molecule has 0 atom stereocenters. The fraction of sp³-hybridized carbons (Fsp3) is 0.111. The smallest absolute Gasteiger partial charge is 0.0534 e. The van der Waals surface area contributed by atoms with Crippen molar-refractivity contribution in [1.82, 2.24) is 4.98 Å². The summed E-state index contributed by atoms with van der Waals surface area (Å²) in [5, 5.41) is 1.24. The van der Waals surface area contributed by atoms with Gasteiger partial charge in [-0.25, -0.2) is 0 Å². The van der Waals surface area contributed by atoms with Crippen molar-refractivity contribution >= 4 is 10.9 Å². The summed E-state index contributed by atoms with van der Waals surface area (Å²) in [7, 11) is 0. The zero-order chi connectivity index (χ0) is 6.97. The lowest BCUT2D eigenvalue weighted by Gasteiger charge is -1.89. The molecule has 0 bridgehead atoms. The number of hydrogen-bond donors (Lipinski definition) is 1. The standard InChI is InChI=1S/C9H8N/c1-7-2-3-9-8(6-7)4-5-10-9/h2,4-6,10H,1H3. The molecule has 49 valence electrons. The first-order chi connectivity index (χ1) is 4.86. The van der Waals surface area contributed by atoms with Gasteiger partial charge in [0.25, 0.3) is 0 Å². The summed E-state index contributed by atoms with van der Waals surface area (Å²) in [6.07, 6.45) is 1.93. The topological polar surface area (TPSA) is 15.8 Å². The van der Waals surface area contributed by atoms with Crippen LogP contribution in [0.2, 0.25) is 0 Å². The number of rotatable bonds is 0. The fourth-order valence-electron chi connectivity index (χ4n) is 1.10. The summed E-state index contributed by atoms with van der Waals surface area (Å²) in [5.74, 6) is 0. The van der Waals surface area contributed by atoms with Crippen molar-refractivity contribution in [2.24, 2.45) is 0 Å². The number of aromatic amines is 1. The molecule has 0 unspecified atom stereocenters. The maximum atomic E-state index is 3.14. The summed E-state index contributed by atoms with van der Waals surface area (Å²) in [4.78, 5) is 3.09. The fourth-order valence-corrected chi connectivity index (χ4v) is 1.10. The molecule has 0 aliphatic rings. The molecule has 0 aliphatic carbocycles. The second kappa shape index (κ2) is 1.87. The van der Waals surface area contributed by atoms with E-state index in [1.54, 1.807) is 0 Å². The highest BCUT2D eigenvalue weighted by Crippen LogP contribution is 2.12. The van der Waals surface area contributed by atoms with Gasteiger partial charge in [0, 0.05) is 17.6 Å². The average Bonchev–Trinajstić information content (AvgIpc) is 2.33. The molecule has 0 spiro atoms. The summed E-state index contributed by atoms with van der Waals surface area (Å²) in [6.45, 7) is 2.07. The molecule has 1 heteroatoms. The van der Waals surface area contributed by atoms with Crippen molar-refractivity contribution in [3.05, 3.63) is 36.0 Å². The Morgan fingerprint density at radius 2 is 2.40 bits per heavy atom. The molecule has 0 aliphatic heterocycles. The Hall–Kier alpha value is -1.24. The second-order valence-corrected chi connectivity index (χ2v) is 2.49. The zero-order valence-electron chi connectivity index (χ0n) is 5.81. The largest absolute Gasteiger partial charge is 0.361 e. The third-order valence-electron chi connectivity index (χ3n) is 1.61. The highest BCUT2D eigenvalue weighted by molar-refractivity contribution is 5.79. The maximum absolute atomic E-state index is 3.14. The van der Waals surface area contributed by atoms with Gasteiger partial charge in [-0.1, -0.05) is 0 Å². The van der Waals surface area contributed by atoms with E-state index in [2.05, 4.69) is 30.1 Å². The molecule has 1 nitrogen and oxygen atoms in total. The van der Waals surface area contributed by atoms with Gasteiger partial charge in [0.15, 0.2) is 0 Å². The molecule has 2 rings (SSSR count). The first kappa shape index (κ1) is 5.54. The first-order valence-electron chi connectivity index (χ1n) is 3.32. The Balaban J connectivity index is 2.86. The number of fused-ring (bicyclic) bond motifs is 1. The predicted molar refractivity (Wildman–Crippen MR) is 41.9 cm³/mol. The van der Waals surface area contributed by atoms with E-state index in [0.717, 1.165) is 5.52 Å². The predicted octanol–water partition coefficient (Wildman–Crippen LogP) is 2.28. The molecule has 1 radical (unpaired) electrons. The van der Waals surface area contributed by atoms with Gasteiger partial charge in [-0.15, -0.1) is 0 Å². The van der Waals surface area contributed by atoms with Crippen LogP contribution in [0.25, 0.3) is 10.9 Å². The zero-order valence-corrected chi connectivity index (χ0v) is 5.81. The van der Waals surface area contributed by atoms with Crippen molar-refractivity contribution < 1.29 is 0 Å². The molecule has 1 heterocycles. The molecule has 1 aromatic carbocycles. The van der Waals surface area contributed by atoms with E-state index in [-0.39, 0.29) is 0 Å². The van der Waals surface area contributed by atoms with Crippen LogP contribution in [-0.4, -0.2) is 4.98 Å². The lowest BCUT2D eigenvalue weighted by molar-refractivity contribution is 1.45. The van der Waals surface area contributed by atoms with Crippen LogP contribution in [0.1, 0.15) is 5.56 Å². The van der Waals surface area contributed by atoms with E-state index in [1.807, 2.05) is 12.3 Å². The molecule has 2 aromatic rings. The van der Waals surface area contributed by atoms with Crippen molar-refractivity contribution in [3.8, 4) is 0 Å². The molecular weight excluding hydrogens is 122 g/mol. The first-order valence-corrected chi connectivity index (χ1v) is 3.32. The van der Waals surface area contributed by atoms with Crippen LogP contribution in [0, 0.1) is 13.0 Å². The van der Waals surface area contributed by atoms with Crippen molar-refractivity contribution in [1.29, 1.82) is 0 Å². The number of aromatic nitrogens is 1. The van der Waals surface area contributed by atoms with Crippen LogP contribution in [-0.2, 0) is 0 Å². The van der Waals surface area contributed by atoms with Crippen LogP contribution in [0.5, 0.6) is 0 Å². The molecule has 0 saturated heterocycles. The molecule has 1 N–H and O–H groups in total. The number of hydrogen-bond acceptors (Lipinski definition) is 0. The maximum Gasteiger partial charge on any atom is 0.0534 e. The van der Waals surface area contributed by atoms with Crippen molar-refractivity contribution in [2.45, 2.75) is 6.92 Å². The molecule has 1 aromatic heterocycles. The van der Waals surface area contributed by atoms with E-state index < -0.39 is 0 Å². The highest BCUT2D eigenvalue weighted by atomic mass is 14.7. The number of nitrogens with one attached hydrogen (secondary N) is 1. The molecular formula is C9H8N. The van der Waals surface area contributed by atoms with Gasteiger partial charge >= 0.3 is 0 Å². The van der Waals surface area contributed by atoms with E-state index >= 15 is 0 Å². The summed E-state index contributed by atoms with van der Waals surface area (Å²) < 4.78 is 0. The van der Waals surface area contributed by atoms with Gasteiger partial charge in [-0.3, -0.25) is 0 Å². The van der Waals surface area contributed by atoms with Crippen molar-refractivity contribution in [2.75, 3.05) is 0 Å². The van der Waals surface area contributed by atoms with Gasteiger partial charge in [0.05, 0.1) is 5.52 Å². The third kappa shape index (κ3) is 0.711. The lowest BCUT2D eigenvalue weighted by atomic mass is 10.2. The van der Waals surface area contributed by atoms with Crippen LogP contribution in [0.15, 0.2) is 24.4 Å². The quantitative estimate of drug-likeness (QED) is 0.563. The second-order valence-electron chi connectivity index (χ2n) is 2.49. The van der Waals surface area contributed by atoms with E-state index in [0.29, 0.717) is 0 Å². The Labute approximate surface area is 59.7 Å². The Bertz CT molecular complexity index is 346. The van der Waals surface area contributed by atoms with Gasteiger partial charge in [0.2, 0.25) is 0 Å². The number of benzene rings is 1. The molecule has 0 amide bonds. The van der Waals surface area contributed by atoms with Gasteiger partial charge in [-0.05, 0) is 30.7 Å². The highest BCUT2D eigenvalue weighted by Gasteiger charge is 1.91. The third-order valence-corrected chi connectivity index (χ3v) is 1.61. The Morgan fingerprint density at radius 1 is 1.50 bits per heavy atom. The minimum absolute atomic E-state index is 1.09. The minimum Gasteiger partial charge on any atom is -0.361 e. The number of H-pyrrole nitrogens is 1. The lowest BCUT2D eigenvalue weighted by Crippen LogP contribution is -1.70. The monoisotopic (exact) mass is 130 g/mol. The van der Waals surface area contributed by atoms with Gasteiger partial charge in [0.1, 0.15) is 0 Å². The summed E-state index contributed by atoms with van der Waals surface area (Å²) in [6, 6.07) is 9.32. The summed E-state index contributed by atoms with van der Waals surface area (Å²) in [5.41, 5.74) is 2.35. The van der Waals surface area contributed by atoms with Gasteiger partial charge < -0.3 is 4.98 Å². The van der Waals surface area contributed by atoms with Crippen molar-refractivity contribution in [3.63, 3.8) is 0 Å². The van der Waals surface area contributed by atoms with E-state index in [1.165, 1.54) is 10.9 Å². The Kier molecular flexibility index (Phi) is 1.04. The van der Waals surface area contributed by atoms with Gasteiger partial charge in [-0.2, -0.15) is 0 Å². The number of aryl methyl sites for hydroxylation is 1. The summed E-state index contributed by atoms with van der Waals surface area (Å²) >= 11 is 0. The van der Waals surface area contributed by atoms with E-state index in [9.17, 15) is 0 Å². The van der Waals surface area contributed by atoms with Crippen LogP contribution in [0.3, 0.4) is 0 Å².